The van der Waals surface area contributed by atoms with E-state index in [1.165, 1.54) is 0 Å². The molecule has 5 heteroatoms. The number of hydrogen-bond donors (Lipinski definition) is 1. The van der Waals surface area contributed by atoms with E-state index in [-0.39, 0.29) is 12.5 Å². The molecular weight excluding hydrogens is 354 g/mol. The molecule has 110 valence electrons. The zero-order valence-electron chi connectivity index (χ0n) is 11.5. The molecule has 0 aliphatic heterocycles. The molecule has 1 amide bonds. The summed E-state index contributed by atoms with van der Waals surface area (Å²) in [6, 6.07) is 12.7. The third kappa shape index (κ3) is 4.76. The van der Waals surface area contributed by atoms with Crippen molar-refractivity contribution in [3.63, 3.8) is 0 Å². The lowest BCUT2D eigenvalue weighted by molar-refractivity contribution is -0.118. The average Bonchev–Trinajstić information content (AvgIpc) is 2.48. The van der Waals surface area contributed by atoms with Gasteiger partial charge in [-0.05, 0) is 54.4 Å². The van der Waals surface area contributed by atoms with E-state index in [1.54, 1.807) is 24.3 Å². The summed E-state index contributed by atoms with van der Waals surface area (Å²) in [6.45, 7) is 2.00. The normalized spacial score (nSPS) is 10.2. The minimum absolute atomic E-state index is 0.0408. The molecule has 0 bridgehead atoms. The molecule has 0 saturated heterocycles. The highest BCUT2D eigenvalue weighted by Crippen LogP contribution is 2.21. The van der Waals surface area contributed by atoms with Gasteiger partial charge in [0.15, 0.2) is 6.61 Å². The molecule has 0 spiro atoms. The van der Waals surface area contributed by atoms with E-state index in [2.05, 4.69) is 21.2 Å². The minimum Gasteiger partial charge on any atom is -0.484 e. The number of benzene rings is 2. The van der Waals surface area contributed by atoms with Crippen LogP contribution >= 0.6 is 27.5 Å². The molecule has 0 saturated carbocycles. The topological polar surface area (TPSA) is 38.3 Å². The molecule has 0 heterocycles. The number of ether oxygens (including phenoxy) is 1. The third-order valence-electron chi connectivity index (χ3n) is 2.91. The second-order valence-electron chi connectivity index (χ2n) is 4.45. The number of rotatable bonds is 5. The zero-order chi connectivity index (χ0) is 15.2. The van der Waals surface area contributed by atoms with Crippen molar-refractivity contribution in [1.29, 1.82) is 0 Å². The predicted octanol–water partition coefficient (Wildman–Crippen LogP) is 4.68. The van der Waals surface area contributed by atoms with Crippen LogP contribution in [-0.4, -0.2) is 12.5 Å². The Morgan fingerprint density at radius 2 is 1.95 bits per heavy atom. The highest BCUT2D eigenvalue weighted by atomic mass is 79.9. The van der Waals surface area contributed by atoms with E-state index in [9.17, 15) is 4.79 Å². The fourth-order valence-electron chi connectivity index (χ4n) is 1.84. The van der Waals surface area contributed by atoms with E-state index in [0.29, 0.717) is 10.8 Å². The van der Waals surface area contributed by atoms with Crippen molar-refractivity contribution in [2.45, 2.75) is 13.3 Å². The Morgan fingerprint density at radius 3 is 2.62 bits per heavy atom. The smallest absolute Gasteiger partial charge is 0.262 e. The van der Waals surface area contributed by atoms with Crippen molar-refractivity contribution in [3.8, 4) is 5.75 Å². The quantitative estimate of drug-likeness (QED) is 0.832. The summed E-state index contributed by atoms with van der Waals surface area (Å²) >= 11 is 9.21. The fourth-order valence-corrected chi connectivity index (χ4v) is 2.38. The lowest BCUT2D eigenvalue weighted by atomic mass is 10.1. The Bertz CT molecular complexity index is 629. The molecule has 0 aliphatic rings. The van der Waals surface area contributed by atoms with E-state index < -0.39 is 0 Å². The monoisotopic (exact) mass is 367 g/mol. The van der Waals surface area contributed by atoms with Gasteiger partial charge < -0.3 is 10.1 Å². The number of nitrogens with one attached hydrogen (secondary N) is 1. The summed E-state index contributed by atoms with van der Waals surface area (Å²) in [5.41, 5.74) is 1.88. The van der Waals surface area contributed by atoms with Gasteiger partial charge in [0.05, 0.1) is 0 Å². The highest BCUT2D eigenvalue weighted by molar-refractivity contribution is 9.10. The first-order valence-corrected chi connectivity index (χ1v) is 7.72. The van der Waals surface area contributed by atoms with Crippen LogP contribution in [0, 0.1) is 0 Å². The van der Waals surface area contributed by atoms with Crippen molar-refractivity contribution in [1.82, 2.24) is 0 Å². The number of amides is 1. The number of hydrogen-bond acceptors (Lipinski definition) is 2. The van der Waals surface area contributed by atoms with E-state index in [0.717, 1.165) is 22.1 Å². The molecule has 1 N–H and O–H groups in total. The van der Waals surface area contributed by atoms with Crippen LogP contribution in [0.1, 0.15) is 12.5 Å². The summed E-state index contributed by atoms with van der Waals surface area (Å²) in [6.07, 6.45) is 0.840. The summed E-state index contributed by atoms with van der Waals surface area (Å²) < 4.78 is 6.41. The van der Waals surface area contributed by atoms with Gasteiger partial charge in [-0.15, -0.1) is 0 Å². The number of anilines is 1. The molecule has 3 nitrogen and oxygen atoms in total. The molecule has 0 aliphatic carbocycles. The second kappa shape index (κ2) is 7.48. The molecule has 0 atom stereocenters. The molecule has 2 rings (SSSR count). The van der Waals surface area contributed by atoms with Crippen LogP contribution in [0.5, 0.6) is 5.75 Å². The molecule has 0 unspecified atom stereocenters. The molecule has 0 aromatic heterocycles. The van der Waals surface area contributed by atoms with E-state index in [1.807, 2.05) is 25.1 Å². The van der Waals surface area contributed by atoms with E-state index in [4.69, 9.17) is 16.3 Å². The van der Waals surface area contributed by atoms with Gasteiger partial charge in [0.25, 0.3) is 5.91 Å². The van der Waals surface area contributed by atoms with Crippen LogP contribution in [0.15, 0.2) is 46.9 Å². The largest absolute Gasteiger partial charge is 0.484 e. The molecule has 2 aromatic rings. The molecule has 0 radical (unpaired) electrons. The first-order chi connectivity index (χ1) is 10.1. The van der Waals surface area contributed by atoms with Crippen LogP contribution in [0.4, 0.5) is 5.69 Å². The average molecular weight is 369 g/mol. The van der Waals surface area contributed by atoms with E-state index >= 15 is 0 Å². The Balaban J connectivity index is 1.94. The SMILES string of the molecule is CCc1cc(Br)ccc1NC(=O)COc1ccc(Cl)cc1. The molecular formula is C16H15BrClNO2. The Labute approximate surface area is 137 Å². The maximum Gasteiger partial charge on any atom is 0.262 e. The van der Waals surface area contributed by atoms with Crippen molar-refractivity contribution in [2.75, 3.05) is 11.9 Å². The van der Waals surface area contributed by atoms with Crippen LogP contribution in [-0.2, 0) is 11.2 Å². The van der Waals surface area contributed by atoms with Gasteiger partial charge in [0, 0.05) is 15.2 Å². The molecule has 0 fully saturated rings. The highest BCUT2D eigenvalue weighted by Gasteiger charge is 2.07. The van der Waals surface area contributed by atoms with Gasteiger partial charge in [-0.1, -0.05) is 34.5 Å². The van der Waals surface area contributed by atoms with Gasteiger partial charge in [-0.2, -0.15) is 0 Å². The third-order valence-corrected chi connectivity index (χ3v) is 3.65. The van der Waals surface area contributed by atoms with Crippen molar-refractivity contribution in [3.05, 3.63) is 57.5 Å². The predicted molar refractivity (Wildman–Crippen MR) is 89.1 cm³/mol. The number of carbonyl (C=O) groups is 1. The minimum atomic E-state index is -0.193. The Morgan fingerprint density at radius 1 is 1.24 bits per heavy atom. The number of carbonyl (C=O) groups excluding carboxylic acids is 1. The molecule has 2 aromatic carbocycles. The second-order valence-corrected chi connectivity index (χ2v) is 5.80. The van der Waals surface area contributed by atoms with Crippen molar-refractivity contribution in [2.24, 2.45) is 0 Å². The van der Waals surface area contributed by atoms with Gasteiger partial charge in [-0.25, -0.2) is 0 Å². The van der Waals surface area contributed by atoms with Gasteiger partial charge >= 0.3 is 0 Å². The van der Waals surface area contributed by atoms with Crippen LogP contribution in [0.3, 0.4) is 0 Å². The first kappa shape index (κ1) is 15.9. The summed E-state index contributed by atoms with van der Waals surface area (Å²) in [4.78, 5) is 11.9. The number of halogens is 2. The van der Waals surface area contributed by atoms with Crippen LogP contribution < -0.4 is 10.1 Å². The summed E-state index contributed by atoms with van der Waals surface area (Å²) in [5.74, 6) is 0.419. The van der Waals surface area contributed by atoms with Gasteiger partial charge in [0.2, 0.25) is 0 Å². The maximum absolute atomic E-state index is 11.9. The number of aryl methyl sites for hydroxylation is 1. The van der Waals surface area contributed by atoms with Crippen molar-refractivity contribution >= 4 is 39.1 Å². The van der Waals surface area contributed by atoms with Gasteiger partial charge in [-0.3, -0.25) is 4.79 Å². The fraction of sp³-hybridized carbons (Fsp3) is 0.188. The standard InChI is InChI=1S/C16H15BrClNO2/c1-2-11-9-12(17)3-8-15(11)19-16(20)10-21-14-6-4-13(18)5-7-14/h3-9H,2,10H2,1H3,(H,19,20). The lowest BCUT2D eigenvalue weighted by Gasteiger charge is -2.11. The zero-order valence-corrected chi connectivity index (χ0v) is 13.9. The Kier molecular flexibility index (Phi) is 5.65. The lowest BCUT2D eigenvalue weighted by Crippen LogP contribution is -2.20. The first-order valence-electron chi connectivity index (χ1n) is 6.55. The summed E-state index contributed by atoms with van der Waals surface area (Å²) in [7, 11) is 0. The Hall–Kier alpha value is -1.52. The molecule has 21 heavy (non-hydrogen) atoms. The maximum atomic E-state index is 11.9. The van der Waals surface area contributed by atoms with Crippen LogP contribution in [0.25, 0.3) is 0 Å². The van der Waals surface area contributed by atoms with Gasteiger partial charge in [0.1, 0.15) is 5.75 Å². The van der Waals surface area contributed by atoms with Crippen LogP contribution in [0.2, 0.25) is 5.02 Å². The van der Waals surface area contributed by atoms with Crippen molar-refractivity contribution < 1.29 is 9.53 Å². The summed E-state index contributed by atoms with van der Waals surface area (Å²) in [5, 5.41) is 3.49.